The summed E-state index contributed by atoms with van der Waals surface area (Å²) < 4.78 is 25.8. The number of pyridine rings is 1. The average Bonchev–Trinajstić information content (AvgIpc) is 2.97. The number of hydrogen-bond acceptors (Lipinski definition) is 9. The maximum atomic E-state index is 13.5. The number of aldehydes is 1. The number of carbonyl (C=O) groups is 1. The van der Waals surface area contributed by atoms with Crippen LogP contribution in [0.2, 0.25) is 0 Å². The van der Waals surface area contributed by atoms with Gasteiger partial charge in [0.25, 0.3) is 0 Å². The van der Waals surface area contributed by atoms with E-state index in [1.807, 2.05) is 12.3 Å². The Morgan fingerprint density at radius 3 is 2.60 bits per heavy atom. The smallest absolute Gasteiger partial charge is 0.188 e. The fourth-order valence-corrected chi connectivity index (χ4v) is 7.05. The Bertz CT molecular complexity index is 1500. The largest absolute Gasteiger partial charge is 0.490 e. The Balaban J connectivity index is 0.000000306. The zero-order valence-electron chi connectivity index (χ0n) is 27.1. The third-order valence-electron chi connectivity index (χ3n) is 9.94. The second kappa shape index (κ2) is 13.0. The number of anilines is 1. The van der Waals surface area contributed by atoms with Crippen LogP contribution in [-0.2, 0) is 13.0 Å². The van der Waals surface area contributed by atoms with E-state index >= 15 is 0 Å². The molecule has 2 aliphatic carbocycles. The van der Waals surface area contributed by atoms with E-state index in [1.165, 1.54) is 36.9 Å². The number of fused-ring (bicyclic) bond motifs is 1. The summed E-state index contributed by atoms with van der Waals surface area (Å²) in [6.07, 6.45) is 11.4. The zero-order valence-corrected chi connectivity index (χ0v) is 27.1. The second-order valence-corrected chi connectivity index (χ2v) is 13.8. The van der Waals surface area contributed by atoms with Crippen molar-refractivity contribution in [1.29, 1.82) is 0 Å². The highest BCUT2D eigenvalue weighted by Crippen LogP contribution is 2.52. The fraction of sp³-hybridized carbons (Fsp3) is 0.543. The van der Waals surface area contributed by atoms with Crippen molar-refractivity contribution >= 4 is 12.1 Å². The Labute approximate surface area is 265 Å². The Morgan fingerprint density at radius 1 is 1.11 bits per heavy atom. The predicted octanol–water partition coefficient (Wildman–Crippen LogP) is 5.78. The number of halogens is 1. The third-order valence-corrected chi connectivity index (χ3v) is 9.94. The topological polar surface area (TPSA) is 83.9 Å². The van der Waals surface area contributed by atoms with Crippen molar-refractivity contribution in [2.45, 2.75) is 77.6 Å². The van der Waals surface area contributed by atoms with Gasteiger partial charge in [0, 0.05) is 67.6 Å². The molecule has 2 saturated carbocycles. The van der Waals surface area contributed by atoms with Gasteiger partial charge in [-0.05, 0) is 83.8 Å². The minimum Gasteiger partial charge on any atom is -0.490 e. The quantitative estimate of drug-likeness (QED) is 0.293. The van der Waals surface area contributed by atoms with Crippen LogP contribution in [0.1, 0.15) is 68.1 Å². The van der Waals surface area contributed by atoms with E-state index in [1.54, 1.807) is 6.20 Å². The van der Waals surface area contributed by atoms with Crippen LogP contribution in [0.5, 0.6) is 17.2 Å². The minimum atomic E-state index is -0.491. The molecule has 10 heteroatoms. The van der Waals surface area contributed by atoms with Crippen molar-refractivity contribution in [3.05, 3.63) is 65.6 Å². The molecule has 0 amide bonds. The van der Waals surface area contributed by atoms with Crippen molar-refractivity contribution in [3.63, 3.8) is 0 Å². The molecule has 1 aromatic carbocycles. The lowest BCUT2D eigenvalue weighted by molar-refractivity contribution is -0.0352. The molecule has 0 unspecified atom stereocenters. The number of rotatable bonds is 8. The maximum absolute atomic E-state index is 13.5. The number of aromatic nitrogens is 3. The van der Waals surface area contributed by atoms with Gasteiger partial charge in [0.2, 0.25) is 0 Å². The Kier molecular flexibility index (Phi) is 9.06. The van der Waals surface area contributed by atoms with Gasteiger partial charge in [0.15, 0.2) is 17.9 Å². The molecule has 0 radical (unpaired) electrons. The summed E-state index contributed by atoms with van der Waals surface area (Å²) in [4.78, 5) is 31.3. The molecule has 1 saturated heterocycles. The van der Waals surface area contributed by atoms with Crippen LogP contribution >= 0.6 is 0 Å². The van der Waals surface area contributed by atoms with Gasteiger partial charge >= 0.3 is 0 Å². The van der Waals surface area contributed by atoms with Crippen molar-refractivity contribution in [2.75, 3.05) is 38.6 Å². The van der Waals surface area contributed by atoms with E-state index in [0.717, 1.165) is 81.0 Å². The summed E-state index contributed by atoms with van der Waals surface area (Å²) in [6, 6.07) is 7.45. The highest BCUT2D eigenvalue weighted by Gasteiger charge is 2.54. The Hall–Kier alpha value is -3.63. The van der Waals surface area contributed by atoms with Gasteiger partial charge in [0.05, 0.1) is 11.8 Å². The normalized spacial score (nSPS) is 22.1. The van der Waals surface area contributed by atoms with Crippen LogP contribution in [0.25, 0.3) is 0 Å². The first-order valence-corrected chi connectivity index (χ1v) is 16.1. The highest BCUT2D eigenvalue weighted by molar-refractivity contribution is 5.79. The van der Waals surface area contributed by atoms with E-state index in [4.69, 9.17) is 9.47 Å². The minimum absolute atomic E-state index is 0.142. The van der Waals surface area contributed by atoms with E-state index in [-0.39, 0.29) is 22.8 Å². The molecule has 45 heavy (non-hydrogen) atoms. The molecule has 240 valence electrons. The number of benzene rings is 1. The van der Waals surface area contributed by atoms with Gasteiger partial charge in [-0.25, -0.2) is 14.4 Å². The van der Waals surface area contributed by atoms with Crippen LogP contribution in [-0.4, -0.2) is 83.0 Å². The van der Waals surface area contributed by atoms with E-state index in [9.17, 15) is 9.18 Å². The summed E-state index contributed by atoms with van der Waals surface area (Å²) in [7, 11) is 4.36. The van der Waals surface area contributed by atoms with Gasteiger partial charge in [-0.2, -0.15) is 0 Å². The van der Waals surface area contributed by atoms with Crippen LogP contribution in [0.4, 0.5) is 10.2 Å². The average molecular weight is 617 g/mol. The number of ether oxygens (including phenoxy) is 2. The number of hydrogen-bond donors (Lipinski definition) is 0. The molecule has 7 rings (SSSR count). The van der Waals surface area contributed by atoms with Crippen molar-refractivity contribution in [1.82, 2.24) is 24.8 Å². The Morgan fingerprint density at radius 2 is 1.89 bits per heavy atom. The summed E-state index contributed by atoms with van der Waals surface area (Å²) in [6.45, 7) is 10.5. The second-order valence-electron chi connectivity index (χ2n) is 13.8. The van der Waals surface area contributed by atoms with E-state index in [2.05, 4.69) is 64.5 Å². The molecule has 2 aromatic heterocycles. The first kappa shape index (κ1) is 31.4. The first-order valence-electron chi connectivity index (χ1n) is 16.1. The van der Waals surface area contributed by atoms with Gasteiger partial charge in [0.1, 0.15) is 29.7 Å². The lowest BCUT2D eigenvalue weighted by Crippen LogP contribution is -2.65. The van der Waals surface area contributed by atoms with Crippen LogP contribution in [0.15, 0.2) is 43.0 Å². The summed E-state index contributed by atoms with van der Waals surface area (Å²) in [5.74, 6) is 2.84. The van der Waals surface area contributed by atoms with Gasteiger partial charge in [-0.1, -0.05) is 6.92 Å². The lowest BCUT2D eigenvalue weighted by Gasteiger charge is -2.59. The summed E-state index contributed by atoms with van der Waals surface area (Å²) >= 11 is 0. The summed E-state index contributed by atoms with van der Waals surface area (Å²) in [5.41, 5.74) is 2.72. The zero-order chi connectivity index (χ0) is 31.7. The summed E-state index contributed by atoms with van der Waals surface area (Å²) in [5, 5.41) is 0. The van der Waals surface area contributed by atoms with Crippen molar-refractivity contribution in [3.8, 4) is 17.2 Å². The van der Waals surface area contributed by atoms with Crippen molar-refractivity contribution < 1.29 is 18.7 Å². The molecular weight excluding hydrogens is 571 g/mol. The lowest BCUT2D eigenvalue weighted by atomic mass is 9.61. The van der Waals surface area contributed by atoms with Gasteiger partial charge in [-0.15, -0.1) is 0 Å². The molecule has 4 heterocycles. The monoisotopic (exact) mass is 616 g/mol. The molecule has 0 bridgehead atoms. The number of carbonyl (C=O) groups excluding carboxylic acids is 1. The molecule has 9 nitrogen and oxygen atoms in total. The standard InChI is InChI=1S/C26H26FN5O3.C9H19N/c1-31-7-5-21-20(12-31)23(4-6-29-21)34-19-9-26(10-19)14-32(15-26)25-24(11-28-16-30-25)35-22-3-2-18(27)8-17(22)13-33;1-7(2)10(4)9-5-8(3)6-9/h2-4,6,8,11,13,16,19H,5,7,9-10,12,14-15H2,1H3;7-9H,5-6H2,1-4H3. The molecule has 0 N–H and O–H groups in total. The molecule has 2 aliphatic heterocycles. The van der Waals surface area contributed by atoms with Crippen LogP contribution in [0, 0.1) is 17.2 Å². The molecule has 4 aliphatic rings. The van der Waals surface area contributed by atoms with E-state index < -0.39 is 5.82 Å². The molecule has 0 atom stereocenters. The highest BCUT2D eigenvalue weighted by atomic mass is 19.1. The SMILES string of the molecule is CC1CC(N(C)C(C)C)C1.CN1CCc2nccc(OC3CC4(C3)CN(c3ncncc3Oc3ccc(F)cc3C=O)C4)c2C1. The molecule has 1 spiro atoms. The van der Waals surface area contributed by atoms with Gasteiger partial charge < -0.3 is 24.2 Å². The molecule has 3 aromatic rings. The fourth-order valence-electron chi connectivity index (χ4n) is 7.05. The van der Waals surface area contributed by atoms with Gasteiger partial charge in [-0.3, -0.25) is 9.78 Å². The van der Waals surface area contributed by atoms with E-state index in [0.29, 0.717) is 17.9 Å². The maximum Gasteiger partial charge on any atom is 0.188 e. The third kappa shape index (κ3) is 6.82. The number of likely N-dealkylation sites (N-methyl/N-ethyl adjacent to an activating group) is 1. The van der Waals surface area contributed by atoms with Crippen LogP contribution in [0.3, 0.4) is 0 Å². The molecule has 3 fully saturated rings. The number of nitrogens with zero attached hydrogens (tertiary/aromatic N) is 6. The van der Waals surface area contributed by atoms with Crippen LogP contribution < -0.4 is 14.4 Å². The molecular formula is C35H45FN6O3. The first-order chi connectivity index (χ1) is 21.6. The predicted molar refractivity (Wildman–Crippen MR) is 172 cm³/mol. The van der Waals surface area contributed by atoms with Crippen molar-refractivity contribution in [2.24, 2.45) is 11.3 Å².